The fraction of sp³-hybridized carbons (Fsp3) is 0.538. The van der Waals surface area contributed by atoms with Gasteiger partial charge in [0.15, 0.2) is 0 Å². The quantitative estimate of drug-likeness (QED) is 0.569. The van der Waals surface area contributed by atoms with Gasteiger partial charge < -0.3 is 9.47 Å². The van der Waals surface area contributed by atoms with Crippen LogP contribution in [0.25, 0.3) is 0 Å². The molecule has 0 bridgehead atoms. The van der Waals surface area contributed by atoms with Crippen LogP contribution in [0.5, 0.6) is 5.75 Å². The topological polar surface area (TPSA) is 56.5 Å². The molecule has 114 valence electrons. The summed E-state index contributed by atoms with van der Waals surface area (Å²) < 4.78 is 45.5. The summed E-state index contributed by atoms with van der Waals surface area (Å²) in [6, 6.07) is 7.16. The molecule has 3 N–H and O–H groups in total. The number of nitrogens with two attached hydrogens (primary N) is 1. The van der Waals surface area contributed by atoms with E-state index in [1.165, 1.54) is 0 Å². The van der Waals surface area contributed by atoms with Crippen molar-refractivity contribution in [3.05, 3.63) is 29.8 Å². The lowest BCUT2D eigenvalue weighted by Gasteiger charge is -2.16. The minimum atomic E-state index is -4.31. The van der Waals surface area contributed by atoms with Crippen molar-refractivity contribution in [3.63, 3.8) is 0 Å². The zero-order valence-corrected chi connectivity index (χ0v) is 11.2. The van der Waals surface area contributed by atoms with Gasteiger partial charge in [-0.3, -0.25) is 11.3 Å². The van der Waals surface area contributed by atoms with Crippen molar-refractivity contribution in [2.24, 2.45) is 5.84 Å². The van der Waals surface area contributed by atoms with Gasteiger partial charge in [-0.2, -0.15) is 13.2 Å². The van der Waals surface area contributed by atoms with Crippen molar-refractivity contribution < 1.29 is 22.6 Å². The lowest BCUT2D eigenvalue weighted by molar-refractivity contribution is -0.175. The van der Waals surface area contributed by atoms with E-state index in [9.17, 15) is 13.2 Å². The molecule has 0 heterocycles. The van der Waals surface area contributed by atoms with Gasteiger partial charge in [0.1, 0.15) is 12.4 Å². The van der Waals surface area contributed by atoms with Gasteiger partial charge in [-0.05, 0) is 30.5 Å². The molecule has 0 amide bonds. The van der Waals surface area contributed by atoms with Gasteiger partial charge in [0, 0.05) is 6.04 Å². The Morgan fingerprint density at radius 1 is 1.25 bits per heavy atom. The Kier molecular flexibility index (Phi) is 6.77. The summed E-state index contributed by atoms with van der Waals surface area (Å²) in [7, 11) is 1.58. The molecule has 1 rings (SSSR count). The average Bonchev–Trinajstić information content (AvgIpc) is 2.42. The van der Waals surface area contributed by atoms with Crippen molar-refractivity contribution in [3.8, 4) is 5.75 Å². The van der Waals surface area contributed by atoms with Gasteiger partial charge in [-0.15, -0.1) is 0 Å². The van der Waals surface area contributed by atoms with E-state index in [4.69, 9.17) is 10.6 Å². The number of halogens is 3. The molecule has 1 atom stereocenters. The second-order valence-corrected chi connectivity index (χ2v) is 4.38. The van der Waals surface area contributed by atoms with E-state index in [0.29, 0.717) is 12.8 Å². The Hall–Kier alpha value is -1.31. The van der Waals surface area contributed by atoms with Crippen LogP contribution in [0.1, 0.15) is 12.0 Å². The van der Waals surface area contributed by atoms with Crippen molar-refractivity contribution in [2.75, 3.05) is 20.3 Å². The maximum Gasteiger partial charge on any atom is 0.411 e. The van der Waals surface area contributed by atoms with Crippen LogP contribution >= 0.6 is 0 Å². The van der Waals surface area contributed by atoms with Crippen LogP contribution in [-0.2, 0) is 11.2 Å². The Labute approximate surface area is 116 Å². The van der Waals surface area contributed by atoms with E-state index in [-0.39, 0.29) is 12.6 Å². The summed E-state index contributed by atoms with van der Waals surface area (Å²) in [6.07, 6.45) is -3.04. The predicted octanol–water partition coefficient (Wildman–Crippen LogP) is 2.04. The molecule has 1 aromatic carbocycles. The van der Waals surface area contributed by atoms with Crippen LogP contribution in [0.4, 0.5) is 13.2 Å². The summed E-state index contributed by atoms with van der Waals surface area (Å²) in [5.41, 5.74) is 3.52. The summed E-state index contributed by atoms with van der Waals surface area (Å²) >= 11 is 0. The number of hydrazine groups is 1. The fourth-order valence-electron chi connectivity index (χ4n) is 1.66. The standard InChI is InChI=1S/C13H19F3N2O2/c1-19-12-6-3-10(4-7-12)2-5-11(18-17)8-20-9-13(14,15)16/h3-4,6-7,11,18H,2,5,8-9,17H2,1H3. The molecule has 0 fully saturated rings. The van der Waals surface area contributed by atoms with Gasteiger partial charge >= 0.3 is 6.18 Å². The maximum atomic E-state index is 11.9. The van der Waals surface area contributed by atoms with Crippen LogP contribution in [-0.4, -0.2) is 32.5 Å². The number of methoxy groups -OCH3 is 1. The summed E-state index contributed by atoms with van der Waals surface area (Å²) in [6.45, 7) is -1.33. The first-order valence-corrected chi connectivity index (χ1v) is 6.18. The summed E-state index contributed by atoms with van der Waals surface area (Å²) in [5, 5.41) is 0. The molecule has 0 aliphatic heterocycles. The molecule has 0 saturated heterocycles. The number of alkyl halides is 3. The van der Waals surface area contributed by atoms with E-state index in [1.54, 1.807) is 7.11 Å². The molecule has 1 aromatic rings. The van der Waals surface area contributed by atoms with E-state index in [1.807, 2.05) is 24.3 Å². The molecule has 4 nitrogen and oxygen atoms in total. The average molecular weight is 292 g/mol. The molecule has 1 unspecified atom stereocenters. The SMILES string of the molecule is COc1ccc(CCC(COCC(F)(F)F)NN)cc1. The number of hydrogen-bond donors (Lipinski definition) is 2. The number of rotatable bonds is 8. The zero-order valence-electron chi connectivity index (χ0n) is 11.2. The molecule has 0 aromatic heterocycles. The number of nitrogens with one attached hydrogen (secondary N) is 1. The van der Waals surface area contributed by atoms with Crippen LogP contribution in [0.15, 0.2) is 24.3 Å². The normalized spacial score (nSPS) is 13.2. The van der Waals surface area contributed by atoms with Crippen LogP contribution < -0.4 is 16.0 Å². The van der Waals surface area contributed by atoms with E-state index < -0.39 is 12.8 Å². The van der Waals surface area contributed by atoms with E-state index in [0.717, 1.165) is 11.3 Å². The van der Waals surface area contributed by atoms with Gasteiger partial charge in [0.05, 0.1) is 13.7 Å². The molecule has 7 heteroatoms. The van der Waals surface area contributed by atoms with Crippen molar-refractivity contribution in [1.82, 2.24) is 5.43 Å². The van der Waals surface area contributed by atoms with Crippen molar-refractivity contribution in [1.29, 1.82) is 0 Å². The summed E-state index contributed by atoms with van der Waals surface area (Å²) in [5.74, 6) is 6.06. The Morgan fingerprint density at radius 3 is 2.40 bits per heavy atom. The lowest BCUT2D eigenvalue weighted by atomic mass is 10.1. The smallest absolute Gasteiger partial charge is 0.411 e. The first-order chi connectivity index (χ1) is 9.44. The third-order valence-electron chi connectivity index (χ3n) is 2.76. The molecule has 0 aliphatic rings. The Balaban J connectivity index is 2.32. The van der Waals surface area contributed by atoms with Crippen molar-refractivity contribution >= 4 is 0 Å². The van der Waals surface area contributed by atoms with Gasteiger partial charge in [0.2, 0.25) is 0 Å². The molecular formula is C13H19F3N2O2. The van der Waals surface area contributed by atoms with Crippen LogP contribution in [0.2, 0.25) is 0 Å². The van der Waals surface area contributed by atoms with E-state index >= 15 is 0 Å². The Bertz CT molecular complexity index is 382. The van der Waals surface area contributed by atoms with Crippen molar-refractivity contribution in [2.45, 2.75) is 25.1 Å². The highest BCUT2D eigenvalue weighted by molar-refractivity contribution is 5.27. The fourth-order valence-corrected chi connectivity index (χ4v) is 1.66. The number of hydrogen-bond acceptors (Lipinski definition) is 4. The molecule has 0 aliphatic carbocycles. The third kappa shape index (κ3) is 6.74. The maximum absolute atomic E-state index is 11.9. The molecule has 0 saturated carbocycles. The third-order valence-corrected chi connectivity index (χ3v) is 2.76. The molecule has 0 spiro atoms. The number of ether oxygens (including phenoxy) is 2. The number of benzene rings is 1. The summed E-state index contributed by atoms with van der Waals surface area (Å²) in [4.78, 5) is 0. The second kappa shape index (κ2) is 8.08. The van der Waals surface area contributed by atoms with Crippen LogP contribution in [0.3, 0.4) is 0 Å². The van der Waals surface area contributed by atoms with Crippen LogP contribution in [0, 0.1) is 0 Å². The second-order valence-electron chi connectivity index (χ2n) is 4.38. The predicted molar refractivity (Wildman–Crippen MR) is 69.3 cm³/mol. The minimum absolute atomic E-state index is 0.0772. The monoisotopic (exact) mass is 292 g/mol. The van der Waals surface area contributed by atoms with E-state index in [2.05, 4.69) is 10.2 Å². The van der Waals surface area contributed by atoms with Gasteiger partial charge in [0.25, 0.3) is 0 Å². The zero-order chi connectivity index (χ0) is 15.0. The number of aryl methyl sites for hydroxylation is 1. The highest BCUT2D eigenvalue weighted by atomic mass is 19.4. The van der Waals surface area contributed by atoms with Gasteiger partial charge in [-0.1, -0.05) is 12.1 Å². The minimum Gasteiger partial charge on any atom is -0.497 e. The lowest BCUT2D eigenvalue weighted by Crippen LogP contribution is -2.39. The van der Waals surface area contributed by atoms with Gasteiger partial charge in [-0.25, -0.2) is 0 Å². The molecule has 20 heavy (non-hydrogen) atoms. The highest BCUT2D eigenvalue weighted by Gasteiger charge is 2.27. The molecular weight excluding hydrogens is 273 g/mol. The highest BCUT2D eigenvalue weighted by Crippen LogP contribution is 2.15. The Morgan fingerprint density at radius 2 is 1.90 bits per heavy atom. The molecule has 0 radical (unpaired) electrons. The first-order valence-electron chi connectivity index (χ1n) is 6.18. The first kappa shape index (κ1) is 16.7. The largest absolute Gasteiger partial charge is 0.497 e.